The second-order valence-electron chi connectivity index (χ2n) is 4.36. The molecule has 0 saturated carbocycles. The van der Waals surface area contributed by atoms with Gasteiger partial charge in [0.1, 0.15) is 5.82 Å². The molecule has 19 heavy (non-hydrogen) atoms. The second-order valence-corrected chi connectivity index (χ2v) is 5.44. The summed E-state index contributed by atoms with van der Waals surface area (Å²) in [6, 6.07) is 14.4. The van der Waals surface area contributed by atoms with Gasteiger partial charge in [0, 0.05) is 5.56 Å². The number of aryl methyl sites for hydroxylation is 1. The minimum atomic E-state index is 0.538. The monoisotopic (exact) mass is 361 g/mol. The maximum Gasteiger partial charge on any atom is 0.162 e. The first kappa shape index (κ1) is 12.3. The van der Waals surface area contributed by atoms with Gasteiger partial charge in [-0.1, -0.05) is 42.5 Å². The predicted octanol–water partition coefficient (Wildman–Crippen LogP) is 3.79. The summed E-state index contributed by atoms with van der Waals surface area (Å²) < 4.78 is 0.918. The lowest BCUT2D eigenvalue weighted by Crippen LogP contribution is -2.02. The third kappa shape index (κ3) is 2.16. The quantitative estimate of drug-likeness (QED) is 0.671. The molecule has 1 aromatic heterocycles. The number of benzene rings is 2. The van der Waals surface area contributed by atoms with Crippen LogP contribution < -0.4 is 5.73 Å². The third-order valence-electron chi connectivity index (χ3n) is 3.07. The van der Waals surface area contributed by atoms with Crippen molar-refractivity contribution >= 4 is 39.2 Å². The zero-order chi connectivity index (χ0) is 13.4. The van der Waals surface area contributed by atoms with E-state index in [0.29, 0.717) is 11.6 Å². The summed E-state index contributed by atoms with van der Waals surface area (Å²) in [6.45, 7) is 1.95. The highest BCUT2D eigenvalue weighted by atomic mass is 127. The molecule has 0 spiro atoms. The van der Waals surface area contributed by atoms with E-state index in [1.165, 1.54) is 5.39 Å². The second kappa shape index (κ2) is 4.77. The Morgan fingerprint density at radius 1 is 1.00 bits per heavy atom. The molecule has 0 aliphatic rings. The van der Waals surface area contributed by atoms with Crippen molar-refractivity contribution in [1.82, 2.24) is 9.97 Å². The van der Waals surface area contributed by atoms with Crippen molar-refractivity contribution in [3.63, 3.8) is 0 Å². The van der Waals surface area contributed by atoms with Gasteiger partial charge in [0.2, 0.25) is 0 Å². The van der Waals surface area contributed by atoms with Gasteiger partial charge in [0.05, 0.1) is 9.26 Å². The molecule has 3 rings (SSSR count). The Morgan fingerprint density at radius 2 is 1.74 bits per heavy atom. The Balaban J connectivity index is 2.31. The first-order valence-electron chi connectivity index (χ1n) is 5.94. The molecule has 94 valence electrons. The average molecular weight is 361 g/mol. The Labute approximate surface area is 125 Å². The average Bonchev–Trinajstić information content (AvgIpc) is 2.43. The van der Waals surface area contributed by atoms with E-state index in [9.17, 15) is 0 Å². The van der Waals surface area contributed by atoms with Crippen molar-refractivity contribution in [2.75, 3.05) is 5.73 Å². The molecule has 2 N–H and O–H groups in total. The number of rotatable bonds is 1. The summed E-state index contributed by atoms with van der Waals surface area (Å²) in [7, 11) is 0. The number of fused-ring (bicyclic) bond motifs is 1. The Morgan fingerprint density at radius 3 is 2.53 bits per heavy atom. The molecule has 0 aliphatic carbocycles. The van der Waals surface area contributed by atoms with Gasteiger partial charge >= 0.3 is 0 Å². The Kier molecular flexibility index (Phi) is 3.10. The van der Waals surface area contributed by atoms with Crippen LogP contribution in [0.3, 0.4) is 0 Å². The number of nitrogens with two attached hydrogens (primary N) is 1. The zero-order valence-corrected chi connectivity index (χ0v) is 12.5. The molecule has 2 aromatic carbocycles. The van der Waals surface area contributed by atoms with E-state index in [1.807, 2.05) is 31.2 Å². The number of nitrogens with zero attached hydrogens (tertiary/aromatic N) is 2. The first-order valence-corrected chi connectivity index (χ1v) is 7.02. The molecule has 0 atom stereocenters. The van der Waals surface area contributed by atoms with Gasteiger partial charge in [-0.2, -0.15) is 0 Å². The fraction of sp³-hybridized carbons (Fsp3) is 0.0667. The fourth-order valence-electron chi connectivity index (χ4n) is 2.12. The van der Waals surface area contributed by atoms with Crippen LogP contribution in [0.15, 0.2) is 42.5 Å². The maximum atomic E-state index is 5.94. The zero-order valence-electron chi connectivity index (χ0n) is 10.4. The van der Waals surface area contributed by atoms with Crippen LogP contribution in [0.2, 0.25) is 0 Å². The molecule has 0 aliphatic heterocycles. The fourth-order valence-corrected chi connectivity index (χ4v) is 2.36. The molecule has 4 heteroatoms. The van der Waals surface area contributed by atoms with Gasteiger partial charge in [-0.25, -0.2) is 9.97 Å². The van der Waals surface area contributed by atoms with Crippen LogP contribution in [-0.2, 0) is 0 Å². The van der Waals surface area contributed by atoms with Gasteiger partial charge in [0.15, 0.2) is 5.82 Å². The summed E-state index contributed by atoms with van der Waals surface area (Å²) in [5, 5.41) is 2.32. The first-order chi connectivity index (χ1) is 9.16. The van der Waals surface area contributed by atoms with Crippen molar-refractivity contribution in [3.8, 4) is 11.4 Å². The number of hydrogen-bond acceptors (Lipinski definition) is 3. The summed E-state index contributed by atoms with van der Waals surface area (Å²) in [5.41, 5.74) is 7.88. The van der Waals surface area contributed by atoms with E-state index in [-0.39, 0.29) is 0 Å². The van der Waals surface area contributed by atoms with Crippen molar-refractivity contribution in [2.45, 2.75) is 6.92 Å². The largest absolute Gasteiger partial charge is 0.383 e. The van der Waals surface area contributed by atoms with Crippen LogP contribution in [0.4, 0.5) is 5.82 Å². The van der Waals surface area contributed by atoms with Crippen molar-refractivity contribution < 1.29 is 0 Å². The SMILES string of the molecule is Cc1nc(-c2cccc3ccccc23)nc(N)c1I. The predicted molar refractivity (Wildman–Crippen MR) is 86.8 cm³/mol. The Bertz CT molecular complexity index is 740. The molecule has 1 heterocycles. The van der Waals surface area contributed by atoms with Crippen molar-refractivity contribution in [3.05, 3.63) is 51.7 Å². The number of hydrogen-bond donors (Lipinski definition) is 1. The third-order valence-corrected chi connectivity index (χ3v) is 4.41. The molecular formula is C15H12IN3. The van der Waals surface area contributed by atoms with Crippen LogP contribution in [0.5, 0.6) is 0 Å². The summed E-state index contributed by atoms with van der Waals surface area (Å²) >= 11 is 2.17. The number of aromatic nitrogens is 2. The van der Waals surface area contributed by atoms with Gasteiger partial charge in [-0.05, 0) is 40.3 Å². The van der Waals surface area contributed by atoms with Gasteiger partial charge in [-0.15, -0.1) is 0 Å². The molecule has 0 radical (unpaired) electrons. The molecule has 0 fully saturated rings. The van der Waals surface area contributed by atoms with Crippen LogP contribution in [-0.4, -0.2) is 9.97 Å². The highest BCUT2D eigenvalue weighted by Gasteiger charge is 2.10. The minimum absolute atomic E-state index is 0.538. The van der Waals surface area contributed by atoms with E-state index < -0.39 is 0 Å². The van der Waals surface area contributed by atoms with Crippen LogP contribution in [0.25, 0.3) is 22.2 Å². The summed E-state index contributed by atoms with van der Waals surface area (Å²) in [5.74, 6) is 1.23. The lowest BCUT2D eigenvalue weighted by atomic mass is 10.0. The van der Waals surface area contributed by atoms with E-state index >= 15 is 0 Å². The molecule has 3 nitrogen and oxygen atoms in total. The number of nitrogen functional groups attached to an aromatic ring is 1. The smallest absolute Gasteiger partial charge is 0.162 e. The minimum Gasteiger partial charge on any atom is -0.383 e. The standard InChI is InChI=1S/C15H12IN3/c1-9-13(16)14(17)19-15(18-9)12-8-4-6-10-5-2-3-7-11(10)12/h2-8H,1H3,(H2,17,18,19). The lowest BCUT2D eigenvalue weighted by molar-refractivity contribution is 1.10. The normalized spacial score (nSPS) is 10.8. The maximum absolute atomic E-state index is 5.94. The highest BCUT2D eigenvalue weighted by molar-refractivity contribution is 14.1. The van der Waals surface area contributed by atoms with Crippen molar-refractivity contribution in [2.24, 2.45) is 0 Å². The topological polar surface area (TPSA) is 51.8 Å². The van der Waals surface area contributed by atoms with E-state index in [0.717, 1.165) is 20.2 Å². The summed E-state index contributed by atoms with van der Waals surface area (Å²) in [6.07, 6.45) is 0. The molecule has 0 amide bonds. The Hall–Kier alpha value is -1.69. The number of anilines is 1. The van der Waals surface area contributed by atoms with Crippen LogP contribution in [0.1, 0.15) is 5.69 Å². The van der Waals surface area contributed by atoms with E-state index in [1.54, 1.807) is 0 Å². The van der Waals surface area contributed by atoms with E-state index in [4.69, 9.17) is 5.73 Å². The summed E-state index contributed by atoms with van der Waals surface area (Å²) in [4.78, 5) is 8.97. The lowest BCUT2D eigenvalue weighted by Gasteiger charge is -2.08. The van der Waals surface area contributed by atoms with Gasteiger partial charge in [-0.3, -0.25) is 0 Å². The molecular weight excluding hydrogens is 349 g/mol. The highest BCUT2D eigenvalue weighted by Crippen LogP contribution is 2.28. The van der Waals surface area contributed by atoms with Crippen LogP contribution in [0, 0.1) is 10.5 Å². The van der Waals surface area contributed by atoms with Crippen molar-refractivity contribution in [1.29, 1.82) is 0 Å². The molecule has 0 unspecified atom stereocenters. The molecule has 0 saturated heterocycles. The number of halogens is 1. The van der Waals surface area contributed by atoms with Gasteiger partial charge in [0.25, 0.3) is 0 Å². The molecule has 0 bridgehead atoms. The molecule has 3 aromatic rings. The van der Waals surface area contributed by atoms with E-state index in [2.05, 4.69) is 50.8 Å². The van der Waals surface area contributed by atoms with Gasteiger partial charge < -0.3 is 5.73 Å². The van der Waals surface area contributed by atoms with Crippen LogP contribution >= 0.6 is 22.6 Å².